The van der Waals surface area contributed by atoms with E-state index in [1.165, 1.54) is 0 Å². The van der Waals surface area contributed by atoms with Gasteiger partial charge in [0.05, 0.1) is 6.04 Å². The SMILES string of the molecule is O=C(NCCc1ccccc1)c1nn2c(c1Cl)NC(c1ccc(Cl)cc1)CC2C(F)(F)F. The summed E-state index contributed by atoms with van der Waals surface area (Å²) in [6.45, 7) is 0.297. The Morgan fingerprint density at radius 1 is 1.12 bits per heavy atom. The van der Waals surface area contributed by atoms with Crippen molar-refractivity contribution >= 4 is 34.9 Å². The molecule has 0 saturated heterocycles. The second-order valence-electron chi connectivity index (χ2n) is 7.49. The lowest BCUT2D eigenvalue weighted by atomic mass is 9.97. The van der Waals surface area contributed by atoms with Gasteiger partial charge in [0.15, 0.2) is 11.7 Å². The predicted molar refractivity (Wildman–Crippen MR) is 117 cm³/mol. The average molecular weight is 483 g/mol. The van der Waals surface area contributed by atoms with E-state index < -0.39 is 24.2 Å². The summed E-state index contributed by atoms with van der Waals surface area (Å²) in [6.07, 6.45) is -4.30. The van der Waals surface area contributed by atoms with Gasteiger partial charge in [-0.3, -0.25) is 4.79 Å². The fourth-order valence-corrected chi connectivity index (χ4v) is 4.09. The number of benzene rings is 2. The summed E-state index contributed by atoms with van der Waals surface area (Å²) in [5.41, 5.74) is 1.40. The van der Waals surface area contributed by atoms with Crippen LogP contribution in [-0.2, 0) is 6.42 Å². The number of aromatic nitrogens is 2. The summed E-state index contributed by atoms with van der Waals surface area (Å²) >= 11 is 12.2. The highest BCUT2D eigenvalue weighted by Gasteiger charge is 2.47. The van der Waals surface area contributed by atoms with Gasteiger partial charge in [0.2, 0.25) is 0 Å². The maximum absolute atomic E-state index is 13.9. The fourth-order valence-electron chi connectivity index (χ4n) is 3.70. The van der Waals surface area contributed by atoms with Crippen LogP contribution in [0.5, 0.6) is 0 Å². The van der Waals surface area contributed by atoms with Gasteiger partial charge in [-0.2, -0.15) is 18.3 Å². The van der Waals surface area contributed by atoms with Crippen molar-refractivity contribution in [3.8, 4) is 0 Å². The molecule has 2 unspecified atom stereocenters. The molecular formula is C22H19Cl2F3N4O. The van der Waals surface area contributed by atoms with Gasteiger partial charge in [0.25, 0.3) is 5.91 Å². The van der Waals surface area contributed by atoms with Crippen LogP contribution in [-0.4, -0.2) is 28.4 Å². The first-order valence-corrected chi connectivity index (χ1v) is 10.7. The molecule has 0 aliphatic carbocycles. The quantitative estimate of drug-likeness (QED) is 0.481. The molecular weight excluding hydrogens is 464 g/mol. The second-order valence-corrected chi connectivity index (χ2v) is 8.30. The average Bonchev–Trinajstić information content (AvgIpc) is 3.10. The van der Waals surface area contributed by atoms with Crippen molar-refractivity contribution in [2.45, 2.75) is 31.1 Å². The molecule has 5 nitrogen and oxygen atoms in total. The molecule has 1 aliphatic heterocycles. The third-order valence-electron chi connectivity index (χ3n) is 5.33. The largest absolute Gasteiger partial charge is 0.410 e. The number of carbonyl (C=O) groups is 1. The Labute approximate surface area is 192 Å². The highest BCUT2D eigenvalue weighted by Crippen LogP contribution is 2.46. The number of rotatable bonds is 5. The van der Waals surface area contributed by atoms with Crippen LogP contribution in [0.15, 0.2) is 54.6 Å². The summed E-state index contributed by atoms with van der Waals surface area (Å²) in [4.78, 5) is 12.6. The van der Waals surface area contributed by atoms with E-state index in [0.717, 1.165) is 10.2 Å². The highest BCUT2D eigenvalue weighted by molar-refractivity contribution is 6.36. The van der Waals surface area contributed by atoms with Crippen LogP contribution >= 0.6 is 23.2 Å². The van der Waals surface area contributed by atoms with E-state index in [9.17, 15) is 18.0 Å². The van der Waals surface area contributed by atoms with Crippen molar-refractivity contribution in [3.05, 3.63) is 81.5 Å². The van der Waals surface area contributed by atoms with Crippen molar-refractivity contribution in [2.75, 3.05) is 11.9 Å². The number of amides is 1. The minimum atomic E-state index is -4.57. The normalized spacial score (nSPS) is 18.0. The van der Waals surface area contributed by atoms with Gasteiger partial charge >= 0.3 is 6.18 Å². The molecule has 32 heavy (non-hydrogen) atoms. The highest BCUT2D eigenvalue weighted by atomic mass is 35.5. The van der Waals surface area contributed by atoms with Crippen molar-refractivity contribution in [2.24, 2.45) is 0 Å². The first-order chi connectivity index (χ1) is 15.2. The standard InChI is InChI=1S/C22H19Cl2F3N4O/c23-15-8-6-14(7-9-15)16-12-17(22(25,26)27)31-20(29-16)18(24)19(30-31)21(32)28-11-10-13-4-2-1-3-5-13/h1-9,16-17,29H,10-12H2,(H,28,32). The fraction of sp³-hybridized carbons (Fsp3) is 0.273. The van der Waals surface area contributed by atoms with Gasteiger partial charge < -0.3 is 10.6 Å². The summed E-state index contributed by atoms with van der Waals surface area (Å²) in [6, 6.07) is 13.4. The molecule has 1 aromatic heterocycles. The van der Waals surface area contributed by atoms with E-state index in [1.54, 1.807) is 24.3 Å². The zero-order valence-corrected chi connectivity index (χ0v) is 18.2. The summed E-state index contributed by atoms with van der Waals surface area (Å²) in [5, 5.41) is 9.96. The van der Waals surface area contributed by atoms with Crippen LogP contribution in [0.3, 0.4) is 0 Å². The molecule has 0 saturated carbocycles. The molecule has 1 aliphatic rings. The molecule has 0 radical (unpaired) electrons. The topological polar surface area (TPSA) is 59.0 Å². The lowest BCUT2D eigenvalue weighted by Crippen LogP contribution is -2.36. The van der Waals surface area contributed by atoms with Crippen LogP contribution in [0.4, 0.5) is 19.0 Å². The number of hydrogen-bond donors (Lipinski definition) is 2. The minimum Gasteiger partial charge on any atom is -0.362 e. The number of nitrogens with zero attached hydrogens (tertiary/aromatic N) is 2. The van der Waals surface area contributed by atoms with Gasteiger partial charge in [0.1, 0.15) is 10.8 Å². The number of carbonyl (C=O) groups excluding carboxylic acids is 1. The Bertz CT molecular complexity index is 1100. The zero-order chi connectivity index (χ0) is 22.9. The molecule has 0 spiro atoms. The molecule has 2 aromatic carbocycles. The van der Waals surface area contributed by atoms with Gasteiger partial charge in [-0.15, -0.1) is 0 Å². The Kier molecular flexibility index (Phi) is 6.35. The monoisotopic (exact) mass is 482 g/mol. The van der Waals surface area contributed by atoms with Crippen molar-refractivity contribution in [1.82, 2.24) is 15.1 Å². The summed E-state index contributed by atoms with van der Waals surface area (Å²) in [7, 11) is 0. The van der Waals surface area contributed by atoms with E-state index in [2.05, 4.69) is 15.7 Å². The van der Waals surface area contributed by atoms with Gasteiger partial charge in [0, 0.05) is 18.0 Å². The van der Waals surface area contributed by atoms with Gasteiger partial charge in [-0.25, -0.2) is 4.68 Å². The van der Waals surface area contributed by atoms with E-state index in [-0.39, 0.29) is 23.0 Å². The molecule has 2 N–H and O–H groups in total. The van der Waals surface area contributed by atoms with E-state index in [4.69, 9.17) is 23.2 Å². The Hall–Kier alpha value is -2.71. The zero-order valence-electron chi connectivity index (χ0n) is 16.7. The number of halogens is 5. The van der Waals surface area contributed by atoms with Crippen LogP contribution in [0.2, 0.25) is 10.0 Å². The molecule has 1 amide bonds. The lowest BCUT2D eigenvalue weighted by Gasteiger charge is -2.33. The number of anilines is 1. The molecule has 4 rings (SSSR count). The number of alkyl halides is 3. The first kappa shape index (κ1) is 22.5. The summed E-state index contributed by atoms with van der Waals surface area (Å²) < 4.78 is 42.3. The lowest BCUT2D eigenvalue weighted by molar-refractivity contribution is -0.173. The van der Waals surface area contributed by atoms with Crippen LogP contribution in [0.1, 0.15) is 40.1 Å². The Morgan fingerprint density at radius 3 is 2.47 bits per heavy atom. The maximum Gasteiger partial charge on any atom is 0.410 e. The van der Waals surface area contributed by atoms with Crippen LogP contribution in [0.25, 0.3) is 0 Å². The van der Waals surface area contributed by atoms with Crippen molar-refractivity contribution in [3.63, 3.8) is 0 Å². The first-order valence-electron chi connectivity index (χ1n) is 9.93. The third kappa shape index (κ3) is 4.71. The molecule has 2 atom stereocenters. The molecule has 2 heterocycles. The van der Waals surface area contributed by atoms with Crippen molar-refractivity contribution in [1.29, 1.82) is 0 Å². The number of fused-ring (bicyclic) bond motifs is 1. The molecule has 0 bridgehead atoms. The minimum absolute atomic E-state index is 0.0339. The van der Waals surface area contributed by atoms with Gasteiger partial charge in [-0.1, -0.05) is 65.7 Å². The number of hydrogen-bond acceptors (Lipinski definition) is 3. The molecule has 3 aromatic rings. The maximum atomic E-state index is 13.9. The molecule has 168 valence electrons. The number of nitrogens with one attached hydrogen (secondary N) is 2. The van der Waals surface area contributed by atoms with E-state index >= 15 is 0 Å². The van der Waals surface area contributed by atoms with Crippen LogP contribution in [0, 0.1) is 0 Å². The molecule has 0 fully saturated rings. The second kappa shape index (κ2) is 9.03. The van der Waals surface area contributed by atoms with Crippen molar-refractivity contribution < 1.29 is 18.0 Å². The summed E-state index contributed by atoms with van der Waals surface area (Å²) in [5.74, 6) is -0.660. The van der Waals surface area contributed by atoms with E-state index in [1.807, 2.05) is 30.3 Å². The van der Waals surface area contributed by atoms with Gasteiger partial charge in [-0.05, 0) is 29.7 Å². The third-order valence-corrected chi connectivity index (χ3v) is 5.94. The van der Waals surface area contributed by atoms with Crippen LogP contribution < -0.4 is 10.6 Å². The smallest absolute Gasteiger partial charge is 0.362 e. The predicted octanol–water partition coefficient (Wildman–Crippen LogP) is 5.82. The molecule has 10 heteroatoms. The Balaban J connectivity index is 1.57. The Morgan fingerprint density at radius 2 is 1.81 bits per heavy atom. The van der Waals surface area contributed by atoms with E-state index in [0.29, 0.717) is 23.6 Å².